The molecule has 0 spiro atoms. The van der Waals surface area contributed by atoms with E-state index in [1.165, 1.54) is 11.3 Å². The minimum atomic E-state index is -1.24. The van der Waals surface area contributed by atoms with E-state index in [1.54, 1.807) is 24.3 Å². The summed E-state index contributed by atoms with van der Waals surface area (Å²) < 4.78 is 2.38. The first-order valence-electron chi connectivity index (χ1n) is 15.0. The number of rotatable bonds is 11. The van der Waals surface area contributed by atoms with Crippen molar-refractivity contribution in [3.05, 3.63) is 106 Å². The van der Waals surface area contributed by atoms with Gasteiger partial charge in [0.05, 0.1) is 6.42 Å². The molecule has 0 saturated carbocycles. The maximum atomic E-state index is 14.1. The molecule has 3 aromatic carbocycles. The molecule has 0 aliphatic heterocycles. The lowest BCUT2D eigenvalue weighted by atomic mass is 9.78. The Morgan fingerprint density at radius 1 is 0.953 bits per heavy atom. The van der Waals surface area contributed by atoms with E-state index in [2.05, 4.69) is 51.6 Å². The van der Waals surface area contributed by atoms with Crippen LogP contribution < -0.4 is 16.4 Å². The molecule has 43 heavy (non-hydrogen) atoms. The molecule has 0 radical (unpaired) electrons. The van der Waals surface area contributed by atoms with E-state index >= 15 is 0 Å². The number of nitrogens with zero attached hydrogens (tertiary/aromatic N) is 1. The van der Waals surface area contributed by atoms with Gasteiger partial charge in [-0.3, -0.25) is 14.4 Å². The van der Waals surface area contributed by atoms with E-state index in [1.807, 2.05) is 32.0 Å². The second-order valence-corrected chi connectivity index (χ2v) is 12.3. The van der Waals surface area contributed by atoms with Gasteiger partial charge in [0.2, 0.25) is 17.7 Å². The number of benzene rings is 3. The summed E-state index contributed by atoms with van der Waals surface area (Å²) in [5.74, 6) is -1.46. The minimum Gasteiger partial charge on any atom is -0.368 e. The molecule has 3 amide bonds. The molecule has 4 aromatic rings. The first-order valence-corrected chi connectivity index (χ1v) is 15.3. The van der Waals surface area contributed by atoms with Crippen LogP contribution in [0.1, 0.15) is 49.1 Å². The molecule has 1 aromatic heterocycles. The normalized spacial score (nSPS) is 16.9. The van der Waals surface area contributed by atoms with Gasteiger partial charge in [0, 0.05) is 34.6 Å². The molecular weight excluding hydrogens is 560 g/mol. The quantitative estimate of drug-likeness (QED) is 0.223. The topological polar surface area (TPSA) is 106 Å². The van der Waals surface area contributed by atoms with Crippen molar-refractivity contribution in [3.63, 3.8) is 0 Å². The number of fused-ring (bicyclic) bond motifs is 3. The maximum absolute atomic E-state index is 14.1. The van der Waals surface area contributed by atoms with Gasteiger partial charge in [-0.1, -0.05) is 86.1 Å². The number of carbonyl (C=O) groups excluding carboxylic acids is 3. The molecule has 0 bridgehead atoms. The summed E-state index contributed by atoms with van der Waals surface area (Å²) in [5.41, 5.74) is 9.90. The number of primary amides is 1. The summed E-state index contributed by atoms with van der Waals surface area (Å²) in [5, 5.41) is 7.67. The van der Waals surface area contributed by atoms with Crippen molar-refractivity contribution in [2.45, 2.75) is 70.5 Å². The van der Waals surface area contributed by atoms with Crippen molar-refractivity contribution < 1.29 is 14.4 Å². The van der Waals surface area contributed by atoms with Crippen molar-refractivity contribution in [2.75, 3.05) is 0 Å². The van der Waals surface area contributed by atoms with Gasteiger partial charge in [-0.05, 0) is 66.5 Å². The molecule has 0 unspecified atom stereocenters. The Bertz CT molecular complexity index is 1610. The molecule has 1 aliphatic carbocycles. The van der Waals surface area contributed by atoms with E-state index in [-0.39, 0.29) is 24.2 Å². The van der Waals surface area contributed by atoms with Crippen molar-refractivity contribution in [1.29, 1.82) is 0 Å². The number of halogens is 1. The molecule has 0 saturated heterocycles. The second kappa shape index (κ2) is 13.0. The zero-order valence-electron chi connectivity index (χ0n) is 24.7. The Morgan fingerprint density at radius 3 is 2.35 bits per heavy atom. The van der Waals surface area contributed by atoms with Gasteiger partial charge in [0.25, 0.3) is 0 Å². The average molecular weight is 599 g/mol. The third-order valence-corrected chi connectivity index (χ3v) is 8.75. The van der Waals surface area contributed by atoms with Gasteiger partial charge in [-0.15, -0.1) is 0 Å². The van der Waals surface area contributed by atoms with E-state index in [9.17, 15) is 14.4 Å². The predicted molar refractivity (Wildman–Crippen MR) is 171 cm³/mol. The van der Waals surface area contributed by atoms with Crippen LogP contribution in [-0.2, 0) is 46.6 Å². The Balaban J connectivity index is 1.46. The number of aromatic nitrogens is 1. The van der Waals surface area contributed by atoms with Crippen molar-refractivity contribution >= 4 is 40.2 Å². The van der Waals surface area contributed by atoms with Gasteiger partial charge in [-0.2, -0.15) is 0 Å². The van der Waals surface area contributed by atoms with Crippen LogP contribution in [0.25, 0.3) is 10.9 Å². The first kappa shape index (κ1) is 30.4. The number of para-hydroxylation sites is 1. The Morgan fingerprint density at radius 2 is 1.65 bits per heavy atom. The number of nitrogens with two attached hydrogens (primary N) is 1. The van der Waals surface area contributed by atoms with E-state index < -0.39 is 17.5 Å². The van der Waals surface area contributed by atoms with Crippen LogP contribution in [-0.4, -0.2) is 33.9 Å². The monoisotopic (exact) mass is 598 g/mol. The fraction of sp³-hybridized carbons (Fsp3) is 0.343. The van der Waals surface area contributed by atoms with Crippen molar-refractivity contribution in [3.8, 4) is 0 Å². The summed E-state index contributed by atoms with van der Waals surface area (Å²) in [4.78, 5) is 39.8. The highest BCUT2D eigenvalue weighted by Crippen LogP contribution is 2.37. The molecular formula is C35H39ClN4O3. The van der Waals surface area contributed by atoms with Gasteiger partial charge in [-0.25, -0.2) is 0 Å². The summed E-state index contributed by atoms with van der Waals surface area (Å²) in [6.45, 7) is 4.52. The number of hydrogen-bond donors (Lipinski definition) is 3. The molecule has 4 N–H and O–H groups in total. The Kier molecular flexibility index (Phi) is 9.21. The van der Waals surface area contributed by atoms with Crippen molar-refractivity contribution in [1.82, 2.24) is 15.2 Å². The molecule has 1 heterocycles. The third-order valence-electron chi connectivity index (χ3n) is 8.50. The van der Waals surface area contributed by atoms with Gasteiger partial charge in [0.1, 0.15) is 11.6 Å². The molecule has 224 valence electrons. The van der Waals surface area contributed by atoms with Gasteiger partial charge in [0.15, 0.2) is 0 Å². The van der Waals surface area contributed by atoms with Crippen molar-refractivity contribution in [2.24, 2.45) is 11.7 Å². The van der Waals surface area contributed by atoms with Crippen LogP contribution in [0, 0.1) is 5.92 Å². The maximum Gasteiger partial charge on any atom is 0.246 e. The van der Waals surface area contributed by atoms with Crippen LogP contribution in [0.5, 0.6) is 0 Å². The van der Waals surface area contributed by atoms with Crippen LogP contribution in [0.2, 0.25) is 5.02 Å². The van der Waals surface area contributed by atoms with E-state index in [0.29, 0.717) is 24.3 Å². The van der Waals surface area contributed by atoms with Crippen LogP contribution >= 0.6 is 11.6 Å². The number of aryl methyl sites for hydroxylation is 2. The SMILES string of the molecule is CC(C)[C@H](NC(=O)[C@@]1(NC(=O)Cc2ccc(Cl)cc2)CCc2c(c3ccccc3n2CCCc2ccccc2)C1)C(N)=O. The van der Waals surface area contributed by atoms with E-state index in [4.69, 9.17) is 17.3 Å². The standard InChI is InChI=1S/C35H39ClN4O3/c1-23(2)32(33(37)42)38-34(43)35(39-31(41)21-25-14-16-26(36)17-15-25)19-18-30-28(22-35)27-12-6-7-13-29(27)40(30)20-8-11-24-9-4-3-5-10-24/h3-7,9-10,12-17,23,32H,8,11,18-22H2,1-2H3,(H2,37,42)(H,38,43)(H,39,41)/t32-,35+/m0/s1. The fourth-order valence-electron chi connectivity index (χ4n) is 6.28. The summed E-state index contributed by atoms with van der Waals surface area (Å²) in [6, 6.07) is 25.0. The zero-order chi connectivity index (χ0) is 30.6. The summed E-state index contributed by atoms with van der Waals surface area (Å²) >= 11 is 6.03. The molecule has 2 atom stereocenters. The van der Waals surface area contributed by atoms with Gasteiger partial charge >= 0.3 is 0 Å². The molecule has 1 aliphatic rings. The highest BCUT2D eigenvalue weighted by atomic mass is 35.5. The lowest BCUT2D eigenvalue weighted by molar-refractivity contribution is -0.136. The number of hydrogen-bond acceptors (Lipinski definition) is 3. The Labute approximate surface area is 257 Å². The van der Waals surface area contributed by atoms with Crippen LogP contribution in [0.15, 0.2) is 78.9 Å². The Hall–Kier alpha value is -4.10. The molecule has 7 nitrogen and oxygen atoms in total. The third kappa shape index (κ3) is 6.78. The zero-order valence-corrected chi connectivity index (χ0v) is 25.5. The highest BCUT2D eigenvalue weighted by Gasteiger charge is 2.45. The summed E-state index contributed by atoms with van der Waals surface area (Å²) in [6.07, 6.45) is 3.37. The summed E-state index contributed by atoms with van der Waals surface area (Å²) in [7, 11) is 0. The lowest BCUT2D eigenvalue weighted by Crippen LogP contribution is -2.64. The number of carbonyl (C=O) groups is 3. The minimum absolute atomic E-state index is 0.101. The smallest absolute Gasteiger partial charge is 0.246 e. The molecule has 8 heteroatoms. The van der Waals surface area contributed by atoms with Crippen LogP contribution in [0.4, 0.5) is 0 Å². The average Bonchev–Trinajstić information content (AvgIpc) is 3.29. The number of nitrogens with one attached hydrogen (secondary N) is 2. The lowest BCUT2D eigenvalue weighted by Gasteiger charge is -2.38. The number of amides is 3. The van der Waals surface area contributed by atoms with Crippen LogP contribution in [0.3, 0.4) is 0 Å². The molecule has 5 rings (SSSR count). The predicted octanol–water partition coefficient (Wildman–Crippen LogP) is 5.14. The van der Waals surface area contributed by atoms with E-state index in [0.717, 1.165) is 41.4 Å². The van der Waals surface area contributed by atoms with Gasteiger partial charge < -0.3 is 20.9 Å². The highest BCUT2D eigenvalue weighted by molar-refractivity contribution is 6.30. The molecule has 0 fully saturated rings. The second-order valence-electron chi connectivity index (χ2n) is 11.9. The largest absolute Gasteiger partial charge is 0.368 e. The fourth-order valence-corrected chi connectivity index (χ4v) is 6.40. The first-order chi connectivity index (χ1) is 20.7.